The zero-order chi connectivity index (χ0) is 8.69. The lowest BCUT2D eigenvalue weighted by Gasteiger charge is -2.12. The zero-order valence-corrected chi connectivity index (χ0v) is 7.34. The Morgan fingerprint density at radius 2 is 2.09 bits per heavy atom. The second-order valence-corrected chi connectivity index (χ2v) is 2.69. The van der Waals surface area contributed by atoms with Gasteiger partial charge in [-0.1, -0.05) is 19.8 Å². The second kappa shape index (κ2) is 6.16. The van der Waals surface area contributed by atoms with E-state index in [9.17, 15) is 4.79 Å². The summed E-state index contributed by atoms with van der Waals surface area (Å²) >= 11 is 0. The van der Waals surface area contributed by atoms with Gasteiger partial charge in [0.05, 0.1) is 0 Å². The fourth-order valence-electron chi connectivity index (χ4n) is 0.796. The summed E-state index contributed by atoms with van der Waals surface area (Å²) < 4.78 is 0. The summed E-state index contributed by atoms with van der Waals surface area (Å²) in [5.41, 5.74) is 0. The monoisotopic (exact) mass is 159 g/mol. The smallest absolute Gasteiger partial charge is 0.224 e. The maximum atomic E-state index is 11.0. The van der Waals surface area contributed by atoms with Crippen LogP contribution in [-0.2, 0) is 4.79 Å². The molecule has 0 radical (unpaired) electrons. The van der Waals surface area contributed by atoms with Crippen molar-refractivity contribution in [3.8, 4) is 0 Å². The second-order valence-electron chi connectivity index (χ2n) is 2.69. The molecule has 3 heteroatoms. The number of rotatable bonds is 5. The van der Waals surface area contributed by atoms with Gasteiger partial charge in [-0.3, -0.25) is 4.79 Å². The Labute approximate surface area is 68.0 Å². The van der Waals surface area contributed by atoms with Crippen LogP contribution in [0.3, 0.4) is 0 Å². The highest BCUT2D eigenvalue weighted by Crippen LogP contribution is 2.00. The quantitative estimate of drug-likeness (QED) is 0.479. The number of hydrogen-bond donors (Lipinski definition) is 1. The van der Waals surface area contributed by atoms with Crippen LogP contribution in [0, 0.1) is 0 Å². The van der Waals surface area contributed by atoms with Gasteiger partial charge in [0.1, 0.15) is 6.73 Å². The fraction of sp³-hybridized carbons (Fsp3) is 0.875. The number of aliphatic hydroxyl groups is 1. The minimum Gasteiger partial charge on any atom is -0.376 e. The molecule has 3 nitrogen and oxygen atoms in total. The van der Waals surface area contributed by atoms with E-state index in [1.54, 1.807) is 7.05 Å². The third-order valence-electron chi connectivity index (χ3n) is 1.63. The Balaban J connectivity index is 3.36. The largest absolute Gasteiger partial charge is 0.376 e. The molecule has 1 amide bonds. The molecule has 0 spiro atoms. The predicted molar refractivity (Wildman–Crippen MR) is 44.0 cm³/mol. The molecule has 0 aromatic rings. The van der Waals surface area contributed by atoms with E-state index in [0.29, 0.717) is 6.42 Å². The Hall–Kier alpha value is -0.570. The van der Waals surface area contributed by atoms with E-state index in [2.05, 4.69) is 6.92 Å². The van der Waals surface area contributed by atoms with E-state index >= 15 is 0 Å². The fourth-order valence-corrected chi connectivity index (χ4v) is 0.796. The van der Waals surface area contributed by atoms with Crippen molar-refractivity contribution in [3.05, 3.63) is 0 Å². The Kier molecular flexibility index (Phi) is 5.84. The molecule has 0 heterocycles. The molecule has 0 atom stereocenters. The van der Waals surface area contributed by atoms with Crippen molar-refractivity contribution in [2.45, 2.75) is 32.6 Å². The van der Waals surface area contributed by atoms with Gasteiger partial charge in [0.25, 0.3) is 0 Å². The predicted octanol–water partition coefficient (Wildman–Crippen LogP) is 0.975. The van der Waals surface area contributed by atoms with Crippen molar-refractivity contribution < 1.29 is 9.90 Å². The molecule has 0 aliphatic heterocycles. The van der Waals surface area contributed by atoms with E-state index in [-0.39, 0.29) is 12.6 Å². The maximum Gasteiger partial charge on any atom is 0.224 e. The summed E-state index contributed by atoms with van der Waals surface area (Å²) in [7, 11) is 1.61. The number of carbonyl (C=O) groups is 1. The van der Waals surface area contributed by atoms with Crippen LogP contribution in [0.2, 0.25) is 0 Å². The maximum absolute atomic E-state index is 11.0. The van der Waals surface area contributed by atoms with Crippen molar-refractivity contribution in [1.29, 1.82) is 0 Å². The van der Waals surface area contributed by atoms with Crippen LogP contribution in [0.25, 0.3) is 0 Å². The first kappa shape index (κ1) is 10.4. The molecule has 0 aromatic heterocycles. The summed E-state index contributed by atoms with van der Waals surface area (Å²) in [5.74, 6) is 0.0287. The molecule has 11 heavy (non-hydrogen) atoms. The summed E-state index contributed by atoms with van der Waals surface area (Å²) in [6.07, 6.45) is 3.70. The highest BCUT2D eigenvalue weighted by molar-refractivity contribution is 5.75. The minimum atomic E-state index is -0.176. The van der Waals surface area contributed by atoms with E-state index < -0.39 is 0 Å². The molecule has 0 fully saturated rings. The molecule has 0 saturated carbocycles. The average Bonchev–Trinajstić information content (AvgIpc) is 2.03. The lowest BCUT2D eigenvalue weighted by atomic mass is 10.2. The average molecular weight is 159 g/mol. The molecule has 1 N–H and O–H groups in total. The molecule has 0 bridgehead atoms. The lowest BCUT2D eigenvalue weighted by molar-refractivity contribution is -0.133. The number of nitrogens with zero attached hydrogens (tertiary/aromatic N) is 1. The molecule has 0 rings (SSSR count). The third-order valence-corrected chi connectivity index (χ3v) is 1.63. The van der Waals surface area contributed by atoms with Crippen molar-refractivity contribution in [1.82, 2.24) is 4.90 Å². The minimum absolute atomic E-state index is 0.0287. The van der Waals surface area contributed by atoms with Crippen LogP contribution in [0.4, 0.5) is 0 Å². The van der Waals surface area contributed by atoms with Crippen molar-refractivity contribution in [2.24, 2.45) is 0 Å². The SMILES string of the molecule is CCCCCC(=O)N(C)CO. The van der Waals surface area contributed by atoms with Gasteiger partial charge in [0.2, 0.25) is 5.91 Å². The summed E-state index contributed by atoms with van der Waals surface area (Å²) in [6.45, 7) is 1.92. The molecule has 0 aliphatic carbocycles. The zero-order valence-electron chi connectivity index (χ0n) is 7.34. The first-order valence-electron chi connectivity index (χ1n) is 4.07. The van der Waals surface area contributed by atoms with Gasteiger partial charge >= 0.3 is 0 Å². The van der Waals surface area contributed by atoms with E-state index in [4.69, 9.17) is 5.11 Å². The summed E-state index contributed by atoms with van der Waals surface area (Å²) in [4.78, 5) is 12.3. The number of carbonyl (C=O) groups excluding carboxylic acids is 1. The lowest BCUT2D eigenvalue weighted by Crippen LogP contribution is -2.26. The first-order valence-corrected chi connectivity index (χ1v) is 4.07. The van der Waals surface area contributed by atoms with Crippen LogP contribution >= 0.6 is 0 Å². The highest BCUT2D eigenvalue weighted by Gasteiger charge is 2.04. The Morgan fingerprint density at radius 1 is 1.45 bits per heavy atom. The van der Waals surface area contributed by atoms with E-state index in [0.717, 1.165) is 19.3 Å². The first-order chi connectivity index (χ1) is 5.22. The van der Waals surface area contributed by atoms with Crippen molar-refractivity contribution >= 4 is 5.91 Å². The van der Waals surface area contributed by atoms with Gasteiger partial charge in [-0.25, -0.2) is 0 Å². The van der Waals surface area contributed by atoms with E-state index in [1.807, 2.05) is 0 Å². The van der Waals surface area contributed by atoms with Gasteiger partial charge in [-0.15, -0.1) is 0 Å². The number of hydrogen-bond acceptors (Lipinski definition) is 2. The molecular weight excluding hydrogens is 142 g/mol. The Bertz CT molecular complexity index is 115. The van der Waals surface area contributed by atoms with Crippen molar-refractivity contribution in [3.63, 3.8) is 0 Å². The number of aliphatic hydroxyl groups excluding tert-OH is 1. The normalized spacial score (nSPS) is 9.73. The Morgan fingerprint density at radius 3 is 2.55 bits per heavy atom. The molecule has 0 aromatic carbocycles. The van der Waals surface area contributed by atoms with E-state index in [1.165, 1.54) is 4.90 Å². The van der Waals surface area contributed by atoms with Crippen LogP contribution in [-0.4, -0.2) is 29.7 Å². The third kappa shape index (κ3) is 4.79. The van der Waals surface area contributed by atoms with Gasteiger partial charge in [-0.05, 0) is 6.42 Å². The van der Waals surface area contributed by atoms with Crippen LogP contribution in [0.5, 0.6) is 0 Å². The van der Waals surface area contributed by atoms with Gasteiger partial charge in [0.15, 0.2) is 0 Å². The highest BCUT2D eigenvalue weighted by atomic mass is 16.3. The van der Waals surface area contributed by atoms with Crippen LogP contribution in [0.1, 0.15) is 32.6 Å². The van der Waals surface area contributed by atoms with Crippen LogP contribution < -0.4 is 0 Å². The van der Waals surface area contributed by atoms with Crippen LogP contribution in [0.15, 0.2) is 0 Å². The topological polar surface area (TPSA) is 40.5 Å². The summed E-state index contributed by atoms with van der Waals surface area (Å²) in [5, 5.41) is 8.57. The van der Waals surface area contributed by atoms with Crippen molar-refractivity contribution in [2.75, 3.05) is 13.8 Å². The standard InChI is InChI=1S/C8H17NO2/c1-3-4-5-6-8(11)9(2)7-10/h10H,3-7H2,1-2H3. The molecule has 0 unspecified atom stereocenters. The number of unbranched alkanes of at least 4 members (excludes halogenated alkanes) is 2. The van der Waals surface area contributed by atoms with Gasteiger partial charge < -0.3 is 10.0 Å². The number of amides is 1. The molecule has 0 aliphatic rings. The van der Waals surface area contributed by atoms with Gasteiger partial charge in [-0.2, -0.15) is 0 Å². The molecule has 66 valence electrons. The molecular formula is C8H17NO2. The molecule has 0 saturated heterocycles. The summed E-state index contributed by atoms with van der Waals surface area (Å²) in [6, 6.07) is 0. The van der Waals surface area contributed by atoms with Gasteiger partial charge in [0, 0.05) is 13.5 Å².